The second-order valence-electron chi connectivity index (χ2n) is 3.75. The summed E-state index contributed by atoms with van der Waals surface area (Å²) in [5.41, 5.74) is 0.852. The van der Waals surface area contributed by atoms with Crippen molar-refractivity contribution in [3.63, 3.8) is 0 Å². The van der Waals surface area contributed by atoms with E-state index in [1.807, 2.05) is 0 Å². The lowest BCUT2D eigenvalue weighted by Gasteiger charge is -2.10. The molecule has 0 aliphatic heterocycles. The Labute approximate surface area is 106 Å². The van der Waals surface area contributed by atoms with Crippen LogP contribution in [0.2, 0.25) is 0 Å². The van der Waals surface area contributed by atoms with Gasteiger partial charge in [0.15, 0.2) is 6.29 Å². The van der Waals surface area contributed by atoms with Crippen molar-refractivity contribution in [1.29, 1.82) is 0 Å². The molecule has 0 N–H and O–H groups in total. The van der Waals surface area contributed by atoms with Gasteiger partial charge in [-0.3, -0.25) is 9.48 Å². The fourth-order valence-electron chi connectivity index (χ4n) is 1.56. The van der Waals surface area contributed by atoms with E-state index in [1.54, 1.807) is 12.3 Å². The Bertz CT molecular complexity index is 578. The highest BCUT2D eigenvalue weighted by atomic mass is 19.4. The van der Waals surface area contributed by atoms with E-state index >= 15 is 0 Å². The molecule has 1 heterocycles. The number of hydrogen-bond donors (Lipinski definition) is 0. The van der Waals surface area contributed by atoms with Gasteiger partial charge in [0.05, 0.1) is 6.54 Å². The van der Waals surface area contributed by atoms with Gasteiger partial charge in [-0.05, 0) is 23.8 Å². The SMILES string of the molecule is O=Cc1ccn(Cc2cccc(OC(F)(F)F)c2)n1. The van der Waals surface area contributed by atoms with Gasteiger partial charge in [0.25, 0.3) is 0 Å². The molecule has 7 heteroatoms. The number of benzene rings is 1. The molecule has 2 rings (SSSR count). The molecule has 4 nitrogen and oxygen atoms in total. The topological polar surface area (TPSA) is 44.1 Å². The number of aldehydes is 1. The Morgan fingerprint density at radius 3 is 2.74 bits per heavy atom. The summed E-state index contributed by atoms with van der Waals surface area (Å²) < 4.78 is 41.5. The van der Waals surface area contributed by atoms with E-state index in [1.165, 1.54) is 28.9 Å². The second kappa shape index (κ2) is 5.13. The summed E-state index contributed by atoms with van der Waals surface area (Å²) in [7, 11) is 0. The van der Waals surface area contributed by atoms with Crippen LogP contribution in [0.25, 0.3) is 0 Å². The quantitative estimate of drug-likeness (QED) is 0.802. The predicted molar refractivity (Wildman–Crippen MR) is 59.8 cm³/mol. The van der Waals surface area contributed by atoms with Crippen molar-refractivity contribution in [1.82, 2.24) is 9.78 Å². The molecule has 1 aromatic carbocycles. The van der Waals surface area contributed by atoms with Crippen LogP contribution in [0.1, 0.15) is 16.1 Å². The molecule has 0 saturated heterocycles. The van der Waals surface area contributed by atoms with Crippen molar-refractivity contribution in [2.45, 2.75) is 12.9 Å². The molecule has 0 amide bonds. The zero-order valence-electron chi connectivity index (χ0n) is 9.59. The van der Waals surface area contributed by atoms with E-state index < -0.39 is 6.36 Å². The molecular weight excluding hydrogens is 261 g/mol. The maximum Gasteiger partial charge on any atom is 0.573 e. The van der Waals surface area contributed by atoms with Crippen molar-refractivity contribution in [3.8, 4) is 5.75 Å². The maximum absolute atomic E-state index is 12.1. The van der Waals surface area contributed by atoms with Crippen LogP contribution < -0.4 is 4.74 Å². The zero-order chi connectivity index (χ0) is 13.9. The van der Waals surface area contributed by atoms with E-state index in [2.05, 4.69) is 9.84 Å². The van der Waals surface area contributed by atoms with Gasteiger partial charge in [-0.15, -0.1) is 13.2 Å². The summed E-state index contributed by atoms with van der Waals surface area (Å²) in [5.74, 6) is -0.284. The van der Waals surface area contributed by atoms with Crippen LogP contribution in [0.3, 0.4) is 0 Å². The molecule has 0 spiro atoms. The van der Waals surface area contributed by atoms with Gasteiger partial charge in [0, 0.05) is 6.20 Å². The Morgan fingerprint density at radius 1 is 1.32 bits per heavy atom. The molecule has 1 aromatic heterocycles. The van der Waals surface area contributed by atoms with Crippen LogP contribution >= 0.6 is 0 Å². The number of carbonyl (C=O) groups is 1. The number of carbonyl (C=O) groups excluding carboxylic acids is 1. The summed E-state index contributed by atoms with van der Waals surface area (Å²) in [6.07, 6.45) is -2.55. The lowest BCUT2D eigenvalue weighted by atomic mass is 10.2. The van der Waals surface area contributed by atoms with Gasteiger partial charge >= 0.3 is 6.36 Å². The summed E-state index contributed by atoms with van der Waals surface area (Å²) in [4.78, 5) is 10.5. The van der Waals surface area contributed by atoms with E-state index in [-0.39, 0.29) is 18.0 Å². The van der Waals surface area contributed by atoms with Crippen molar-refractivity contribution < 1.29 is 22.7 Å². The molecule has 0 bridgehead atoms. The number of ether oxygens (including phenoxy) is 1. The monoisotopic (exact) mass is 270 g/mol. The lowest BCUT2D eigenvalue weighted by molar-refractivity contribution is -0.274. The highest BCUT2D eigenvalue weighted by molar-refractivity contribution is 5.71. The molecule has 100 valence electrons. The van der Waals surface area contributed by atoms with Crippen molar-refractivity contribution in [2.24, 2.45) is 0 Å². The normalized spacial score (nSPS) is 11.3. The number of alkyl halides is 3. The molecule has 0 saturated carbocycles. The Kier molecular flexibility index (Phi) is 3.55. The van der Waals surface area contributed by atoms with Crippen LogP contribution in [0.15, 0.2) is 36.5 Å². The molecule has 0 aliphatic carbocycles. The first-order valence-electron chi connectivity index (χ1n) is 5.29. The third kappa shape index (κ3) is 3.84. The fraction of sp³-hybridized carbons (Fsp3) is 0.167. The third-order valence-corrected chi connectivity index (χ3v) is 2.26. The molecule has 19 heavy (non-hydrogen) atoms. The minimum Gasteiger partial charge on any atom is -0.406 e. The van der Waals surface area contributed by atoms with E-state index in [4.69, 9.17) is 0 Å². The Hall–Kier alpha value is -2.31. The molecular formula is C12H9F3N2O2. The van der Waals surface area contributed by atoms with E-state index in [9.17, 15) is 18.0 Å². The summed E-state index contributed by atoms with van der Waals surface area (Å²) in [6.45, 7) is 0.253. The fourth-order valence-corrected chi connectivity index (χ4v) is 1.56. The first-order chi connectivity index (χ1) is 8.96. The minimum absolute atomic E-state index is 0.253. The van der Waals surface area contributed by atoms with Gasteiger partial charge in [-0.2, -0.15) is 5.10 Å². The number of halogens is 3. The van der Waals surface area contributed by atoms with Crippen LogP contribution in [0.4, 0.5) is 13.2 Å². The van der Waals surface area contributed by atoms with E-state index in [0.717, 1.165) is 0 Å². The summed E-state index contributed by atoms with van der Waals surface area (Å²) >= 11 is 0. The Balaban J connectivity index is 2.12. The Morgan fingerprint density at radius 2 is 2.11 bits per heavy atom. The van der Waals surface area contributed by atoms with Gasteiger partial charge in [-0.1, -0.05) is 12.1 Å². The molecule has 0 atom stereocenters. The van der Waals surface area contributed by atoms with Gasteiger partial charge in [0.1, 0.15) is 11.4 Å². The van der Waals surface area contributed by atoms with Gasteiger partial charge < -0.3 is 4.74 Å². The smallest absolute Gasteiger partial charge is 0.406 e. The average molecular weight is 270 g/mol. The number of aromatic nitrogens is 2. The minimum atomic E-state index is -4.71. The van der Waals surface area contributed by atoms with Crippen LogP contribution in [0, 0.1) is 0 Å². The molecule has 0 aliphatic rings. The molecule has 2 aromatic rings. The van der Waals surface area contributed by atoms with Gasteiger partial charge in [-0.25, -0.2) is 0 Å². The van der Waals surface area contributed by atoms with Crippen molar-refractivity contribution >= 4 is 6.29 Å². The van der Waals surface area contributed by atoms with E-state index in [0.29, 0.717) is 11.8 Å². The van der Waals surface area contributed by atoms with Crippen molar-refractivity contribution in [2.75, 3.05) is 0 Å². The summed E-state index contributed by atoms with van der Waals surface area (Å²) in [5, 5.41) is 3.91. The molecule has 0 unspecified atom stereocenters. The highest BCUT2D eigenvalue weighted by Gasteiger charge is 2.31. The first-order valence-corrected chi connectivity index (χ1v) is 5.29. The third-order valence-electron chi connectivity index (χ3n) is 2.26. The average Bonchev–Trinajstić information content (AvgIpc) is 2.75. The van der Waals surface area contributed by atoms with Gasteiger partial charge in [0.2, 0.25) is 0 Å². The number of hydrogen-bond acceptors (Lipinski definition) is 3. The molecule has 0 fully saturated rings. The zero-order valence-corrected chi connectivity index (χ0v) is 9.59. The number of nitrogens with zero attached hydrogens (tertiary/aromatic N) is 2. The number of rotatable bonds is 4. The van der Waals surface area contributed by atoms with Crippen LogP contribution in [0.5, 0.6) is 5.75 Å². The summed E-state index contributed by atoms with van der Waals surface area (Å²) in [6, 6.07) is 7.11. The second-order valence-corrected chi connectivity index (χ2v) is 3.75. The van der Waals surface area contributed by atoms with Crippen LogP contribution in [-0.2, 0) is 6.54 Å². The first kappa shape index (κ1) is 13.1. The largest absolute Gasteiger partial charge is 0.573 e. The van der Waals surface area contributed by atoms with Crippen LogP contribution in [-0.4, -0.2) is 22.4 Å². The highest BCUT2D eigenvalue weighted by Crippen LogP contribution is 2.23. The molecule has 0 radical (unpaired) electrons. The van der Waals surface area contributed by atoms with Crippen molar-refractivity contribution in [3.05, 3.63) is 47.8 Å². The lowest BCUT2D eigenvalue weighted by Crippen LogP contribution is -2.17. The standard InChI is InChI=1S/C12H9F3N2O2/c13-12(14,15)19-11-3-1-2-9(6-11)7-17-5-4-10(8-18)16-17/h1-6,8H,7H2. The maximum atomic E-state index is 12.1. The predicted octanol–water partition coefficient (Wildman–Crippen LogP) is 2.64.